The maximum absolute atomic E-state index is 12.9. The van der Waals surface area contributed by atoms with Gasteiger partial charge in [-0.2, -0.15) is 0 Å². The minimum Gasteiger partial charge on any atom is -0.354 e. The minimum absolute atomic E-state index is 0.0225. The Labute approximate surface area is 157 Å². The second-order valence-corrected chi connectivity index (χ2v) is 7.35. The Morgan fingerprint density at radius 1 is 1.04 bits per heavy atom. The first-order valence-electron chi connectivity index (χ1n) is 8.03. The zero-order valence-corrected chi connectivity index (χ0v) is 15.8. The van der Waals surface area contributed by atoms with Crippen LogP contribution in [0, 0.1) is 5.82 Å². The number of amides is 1. The topological polar surface area (TPSA) is 93.7 Å². The third kappa shape index (κ3) is 6.10. The van der Waals surface area contributed by atoms with Crippen molar-refractivity contribution in [2.24, 2.45) is 0 Å². The van der Waals surface area contributed by atoms with Crippen molar-refractivity contribution in [2.45, 2.75) is 17.7 Å². The van der Waals surface area contributed by atoms with Gasteiger partial charge in [-0.1, -0.05) is 12.1 Å². The van der Waals surface area contributed by atoms with Crippen LogP contribution in [-0.2, 0) is 26.0 Å². The van der Waals surface area contributed by atoms with E-state index in [2.05, 4.69) is 10.0 Å². The third-order valence-corrected chi connectivity index (χ3v) is 5.18. The van der Waals surface area contributed by atoms with E-state index in [1.807, 2.05) is 0 Å². The quantitative estimate of drug-likeness (QED) is 0.629. The van der Waals surface area contributed by atoms with Crippen LogP contribution < -0.4 is 10.0 Å². The summed E-state index contributed by atoms with van der Waals surface area (Å²) in [5.41, 5.74) is 1.09. The number of methoxy groups -OCH3 is 2. The number of carbonyl (C=O) groups excluding carboxylic acids is 1. The molecular formula is C18H21FN2O5S. The molecule has 0 fully saturated rings. The Balaban J connectivity index is 1.93. The molecule has 0 atom stereocenters. The van der Waals surface area contributed by atoms with Crippen molar-refractivity contribution in [3.8, 4) is 0 Å². The van der Waals surface area contributed by atoms with Crippen LogP contribution in [0.5, 0.6) is 0 Å². The minimum atomic E-state index is -3.75. The SMILES string of the molecule is COC(CNC(=O)c1ccc(CNS(=O)(=O)c2ccc(F)cc2)cc1)OC. The number of hydrogen-bond acceptors (Lipinski definition) is 5. The van der Waals surface area contributed by atoms with Gasteiger partial charge in [0.2, 0.25) is 10.0 Å². The molecule has 0 aliphatic carbocycles. The van der Waals surface area contributed by atoms with Gasteiger partial charge in [-0.05, 0) is 42.0 Å². The Morgan fingerprint density at radius 2 is 1.63 bits per heavy atom. The van der Waals surface area contributed by atoms with Gasteiger partial charge in [0.25, 0.3) is 5.91 Å². The molecule has 0 saturated heterocycles. The molecule has 146 valence electrons. The van der Waals surface area contributed by atoms with Crippen LogP contribution >= 0.6 is 0 Å². The largest absolute Gasteiger partial charge is 0.354 e. The van der Waals surface area contributed by atoms with E-state index in [-0.39, 0.29) is 23.9 Å². The van der Waals surface area contributed by atoms with Crippen molar-refractivity contribution in [2.75, 3.05) is 20.8 Å². The van der Waals surface area contributed by atoms with Gasteiger partial charge in [0.05, 0.1) is 11.4 Å². The van der Waals surface area contributed by atoms with E-state index in [0.717, 1.165) is 12.1 Å². The van der Waals surface area contributed by atoms with E-state index in [1.165, 1.54) is 26.4 Å². The Kier molecular flexibility index (Phi) is 7.43. The van der Waals surface area contributed by atoms with Crippen LogP contribution in [0.2, 0.25) is 0 Å². The van der Waals surface area contributed by atoms with Gasteiger partial charge in [-0.15, -0.1) is 0 Å². The molecule has 27 heavy (non-hydrogen) atoms. The van der Waals surface area contributed by atoms with Crippen molar-refractivity contribution in [1.29, 1.82) is 0 Å². The fourth-order valence-corrected chi connectivity index (χ4v) is 3.21. The summed E-state index contributed by atoms with van der Waals surface area (Å²) in [4.78, 5) is 12.0. The van der Waals surface area contributed by atoms with E-state index >= 15 is 0 Å². The van der Waals surface area contributed by atoms with E-state index < -0.39 is 22.1 Å². The molecular weight excluding hydrogens is 375 g/mol. The van der Waals surface area contributed by atoms with Crippen molar-refractivity contribution in [3.63, 3.8) is 0 Å². The molecule has 0 aliphatic heterocycles. The van der Waals surface area contributed by atoms with Gasteiger partial charge < -0.3 is 14.8 Å². The van der Waals surface area contributed by atoms with Gasteiger partial charge in [-0.3, -0.25) is 4.79 Å². The lowest BCUT2D eigenvalue weighted by molar-refractivity contribution is -0.0974. The smallest absolute Gasteiger partial charge is 0.251 e. The molecule has 9 heteroatoms. The lowest BCUT2D eigenvalue weighted by Crippen LogP contribution is -2.34. The first-order chi connectivity index (χ1) is 12.9. The summed E-state index contributed by atoms with van der Waals surface area (Å²) in [6.45, 7) is 0.238. The molecule has 0 saturated carbocycles. The fourth-order valence-electron chi connectivity index (χ4n) is 2.19. The zero-order valence-electron chi connectivity index (χ0n) is 14.9. The van der Waals surface area contributed by atoms with Gasteiger partial charge in [0.15, 0.2) is 6.29 Å². The Hall–Kier alpha value is -2.33. The number of sulfonamides is 1. The third-order valence-electron chi connectivity index (χ3n) is 3.76. The monoisotopic (exact) mass is 396 g/mol. The van der Waals surface area contributed by atoms with Gasteiger partial charge in [0.1, 0.15) is 5.82 Å². The van der Waals surface area contributed by atoms with E-state index in [0.29, 0.717) is 11.1 Å². The van der Waals surface area contributed by atoms with Crippen molar-refractivity contribution >= 4 is 15.9 Å². The molecule has 0 heterocycles. The average Bonchev–Trinajstić information content (AvgIpc) is 2.68. The second kappa shape index (κ2) is 9.56. The lowest BCUT2D eigenvalue weighted by atomic mass is 10.1. The summed E-state index contributed by atoms with van der Waals surface area (Å²) < 4.78 is 49.7. The maximum atomic E-state index is 12.9. The average molecular weight is 396 g/mol. The van der Waals surface area contributed by atoms with Crippen molar-refractivity contribution in [1.82, 2.24) is 10.0 Å². The number of carbonyl (C=O) groups is 1. The highest BCUT2D eigenvalue weighted by molar-refractivity contribution is 7.89. The van der Waals surface area contributed by atoms with Crippen LogP contribution in [0.15, 0.2) is 53.4 Å². The molecule has 1 amide bonds. The summed E-state index contributed by atoms with van der Waals surface area (Å²) >= 11 is 0. The van der Waals surface area contributed by atoms with Gasteiger partial charge >= 0.3 is 0 Å². The van der Waals surface area contributed by atoms with Crippen LogP contribution in [0.25, 0.3) is 0 Å². The summed E-state index contributed by atoms with van der Waals surface area (Å²) in [5.74, 6) is -0.808. The summed E-state index contributed by atoms with van der Waals surface area (Å²) in [7, 11) is -0.801. The molecule has 0 unspecified atom stereocenters. The van der Waals surface area contributed by atoms with Crippen LogP contribution in [0.3, 0.4) is 0 Å². The van der Waals surface area contributed by atoms with Crippen molar-refractivity contribution in [3.05, 3.63) is 65.5 Å². The molecule has 2 N–H and O–H groups in total. The Bertz CT molecular complexity index is 850. The van der Waals surface area contributed by atoms with E-state index in [1.54, 1.807) is 24.3 Å². The molecule has 2 rings (SSSR count). The van der Waals surface area contributed by atoms with Crippen molar-refractivity contribution < 1.29 is 27.1 Å². The number of hydrogen-bond donors (Lipinski definition) is 2. The second-order valence-electron chi connectivity index (χ2n) is 5.59. The van der Waals surface area contributed by atoms with E-state index in [4.69, 9.17) is 9.47 Å². The molecule has 2 aromatic carbocycles. The normalized spacial score (nSPS) is 11.6. The summed E-state index contributed by atoms with van der Waals surface area (Å²) in [5, 5.41) is 2.67. The number of nitrogens with one attached hydrogen (secondary N) is 2. The molecule has 0 spiro atoms. The first-order valence-corrected chi connectivity index (χ1v) is 9.52. The molecule has 0 aromatic heterocycles. The standard InChI is InChI=1S/C18H21FN2O5S/c1-25-17(26-2)12-20-18(22)14-5-3-13(4-6-14)11-21-27(23,24)16-9-7-15(19)8-10-16/h3-10,17,21H,11-12H2,1-2H3,(H,20,22). The predicted octanol–water partition coefficient (Wildman–Crippen LogP) is 1.65. The summed E-state index contributed by atoms with van der Waals surface area (Å²) in [6.07, 6.45) is -0.533. The number of benzene rings is 2. The zero-order chi connectivity index (χ0) is 19.9. The fraction of sp³-hybridized carbons (Fsp3) is 0.278. The van der Waals surface area contributed by atoms with Gasteiger partial charge in [-0.25, -0.2) is 17.5 Å². The summed E-state index contributed by atoms with van der Waals surface area (Å²) in [6, 6.07) is 11.0. The first kappa shape index (κ1) is 21.0. The van der Waals surface area contributed by atoms with Crippen LogP contribution in [0.1, 0.15) is 15.9 Å². The molecule has 0 bridgehead atoms. The number of ether oxygens (including phenoxy) is 2. The number of rotatable bonds is 9. The molecule has 0 radical (unpaired) electrons. The highest BCUT2D eigenvalue weighted by Crippen LogP contribution is 2.11. The van der Waals surface area contributed by atoms with Gasteiger partial charge in [0, 0.05) is 26.3 Å². The molecule has 0 aliphatic rings. The molecule has 7 nitrogen and oxygen atoms in total. The number of halogens is 1. The van der Waals surface area contributed by atoms with Crippen LogP contribution in [-0.4, -0.2) is 41.4 Å². The highest BCUT2D eigenvalue weighted by Gasteiger charge is 2.14. The highest BCUT2D eigenvalue weighted by atomic mass is 32.2. The maximum Gasteiger partial charge on any atom is 0.251 e. The van der Waals surface area contributed by atoms with Crippen LogP contribution in [0.4, 0.5) is 4.39 Å². The Morgan fingerprint density at radius 3 is 2.19 bits per heavy atom. The van der Waals surface area contributed by atoms with E-state index in [9.17, 15) is 17.6 Å². The molecule has 2 aromatic rings. The lowest BCUT2D eigenvalue weighted by Gasteiger charge is -2.14. The predicted molar refractivity (Wildman–Crippen MR) is 97.0 cm³/mol.